The first kappa shape index (κ1) is 12.4. The Kier molecular flexibility index (Phi) is 2.98. The van der Waals surface area contributed by atoms with Gasteiger partial charge in [-0.25, -0.2) is 4.79 Å². The van der Waals surface area contributed by atoms with Gasteiger partial charge in [-0.1, -0.05) is 0 Å². The molecule has 0 bridgehead atoms. The predicted octanol–water partition coefficient (Wildman–Crippen LogP) is 1.21. The van der Waals surface area contributed by atoms with Gasteiger partial charge in [-0.15, -0.1) is 0 Å². The number of aliphatic carboxylic acids is 1. The van der Waals surface area contributed by atoms with Crippen LogP contribution in [0.1, 0.15) is 29.8 Å². The van der Waals surface area contributed by atoms with Gasteiger partial charge in [0.25, 0.3) is 5.91 Å². The number of amides is 1. The number of ether oxygens (including phenoxy) is 1. The molecule has 0 unspecified atom stereocenters. The van der Waals surface area contributed by atoms with Crippen molar-refractivity contribution < 1.29 is 19.4 Å². The number of hydrogen-bond donors (Lipinski definition) is 2. The van der Waals surface area contributed by atoms with Crippen LogP contribution in [0.15, 0.2) is 18.2 Å². The molecule has 1 aromatic rings. The number of carboxylic acids is 1. The molecule has 5 nitrogen and oxygen atoms in total. The van der Waals surface area contributed by atoms with E-state index < -0.39 is 17.4 Å². The molecule has 0 fully saturated rings. The molecule has 96 valence electrons. The van der Waals surface area contributed by atoms with Gasteiger partial charge < -0.3 is 15.2 Å². The van der Waals surface area contributed by atoms with Crippen molar-refractivity contribution in [3.63, 3.8) is 0 Å². The fourth-order valence-electron chi connectivity index (χ4n) is 1.74. The number of carbonyl (C=O) groups excluding carboxylic acids is 1. The number of fused-ring (bicyclic) bond motifs is 1. The van der Waals surface area contributed by atoms with E-state index in [-0.39, 0.29) is 0 Å². The first-order valence-corrected chi connectivity index (χ1v) is 5.72. The maximum absolute atomic E-state index is 11.9. The second-order valence-corrected chi connectivity index (χ2v) is 4.81. The van der Waals surface area contributed by atoms with Crippen LogP contribution in [0.2, 0.25) is 0 Å². The lowest BCUT2D eigenvalue weighted by Gasteiger charge is -2.21. The fourth-order valence-corrected chi connectivity index (χ4v) is 1.74. The summed E-state index contributed by atoms with van der Waals surface area (Å²) in [6.45, 7) is 3.52. The summed E-state index contributed by atoms with van der Waals surface area (Å²) < 4.78 is 5.35. The molecule has 18 heavy (non-hydrogen) atoms. The Balaban J connectivity index is 2.17. The van der Waals surface area contributed by atoms with Crippen LogP contribution in [0.5, 0.6) is 5.75 Å². The van der Waals surface area contributed by atoms with Gasteiger partial charge in [0.15, 0.2) is 0 Å². The molecular weight excluding hydrogens is 234 g/mol. The molecule has 1 aliphatic rings. The van der Waals surface area contributed by atoms with Gasteiger partial charge in [0.1, 0.15) is 11.3 Å². The maximum atomic E-state index is 11.9. The minimum absolute atomic E-state index is 0.392. The molecule has 0 saturated carbocycles. The van der Waals surface area contributed by atoms with Crippen molar-refractivity contribution in [2.24, 2.45) is 0 Å². The lowest BCUT2D eigenvalue weighted by Crippen LogP contribution is -2.49. The molecule has 0 aliphatic carbocycles. The zero-order valence-electron chi connectivity index (χ0n) is 10.3. The quantitative estimate of drug-likeness (QED) is 0.844. The molecule has 1 aliphatic heterocycles. The van der Waals surface area contributed by atoms with E-state index in [0.717, 1.165) is 17.7 Å². The Hall–Kier alpha value is -2.04. The Morgan fingerprint density at radius 1 is 1.39 bits per heavy atom. The summed E-state index contributed by atoms with van der Waals surface area (Å²) in [5.74, 6) is -0.665. The van der Waals surface area contributed by atoms with Crippen LogP contribution in [-0.4, -0.2) is 29.1 Å². The van der Waals surface area contributed by atoms with E-state index in [2.05, 4.69) is 5.32 Å². The topological polar surface area (TPSA) is 75.6 Å². The largest absolute Gasteiger partial charge is 0.493 e. The summed E-state index contributed by atoms with van der Waals surface area (Å²) in [6.07, 6.45) is 0.777. The number of hydrogen-bond acceptors (Lipinski definition) is 3. The van der Waals surface area contributed by atoms with Crippen LogP contribution in [0.3, 0.4) is 0 Å². The summed E-state index contributed by atoms with van der Waals surface area (Å²) in [7, 11) is 0. The Morgan fingerprint density at radius 2 is 2.11 bits per heavy atom. The lowest BCUT2D eigenvalue weighted by atomic mass is 10.0. The number of nitrogens with one attached hydrogen (secondary N) is 1. The van der Waals surface area contributed by atoms with E-state index in [0.29, 0.717) is 12.2 Å². The molecule has 0 aromatic heterocycles. The summed E-state index contributed by atoms with van der Waals surface area (Å²) in [5.41, 5.74) is 0.149. The lowest BCUT2D eigenvalue weighted by molar-refractivity contribution is -0.143. The highest BCUT2D eigenvalue weighted by atomic mass is 16.5. The molecule has 1 heterocycles. The molecule has 2 rings (SSSR count). The van der Waals surface area contributed by atoms with E-state index in [1.165, 1.54) is 13.8 Å². The second-order valence-electron chi connectivity index (χ2n) is 4.81. The molecule has 0 spiro atoms. The minimum atomic E-state index is -1.29. The van der Waals surface area contributed by atoms with Crippen LogP contribution < -0.4 is 10.1 Å². The van der Waals surface area contributed by atoms with E-state index in [4.69, 9.17) is 9.84 Å². The normalized spacial score (nSPS) is 13.7. The van der Waals surface area contributed by atoms with E-state index in [1.54, 1.807) is 18.2 Å². The molecule has 0 atom stereocenters. The summed E-state index contributed by atoms with van der Waals surface area (Å²) >= 11 is 0. The Morgan fingerprint density at radius 3 is 2.78 bits per heavy atom. The zero-order chi connectivity index (χ0) is 13.3. The van der Waals surface area contributed by atoms with Crippen molar-refractivity contribution in [2.45, 2.75) is 25.8 Å². The van der Waals surface area contributed by atoms with Gasteiger partial charge in [0.05, 0.1) is 6.61 Å². The summed E-state index contributed by atoms with van der Waals surface area (Å²) in [6, 6.07) is 5.12. The van der Waals surface area contributed by atoms with Crippen molar-refractivity contribution in [2.75, 3.05) is 6.61 Å². The monoisotopic (exact) mass is 249 g/mol. The second kappa shape index (κ2) is 4.33. The SMILES string of the molecule is CC(C)(NC(=O)c1ccc2c(c1)CCO2)C(=O)O. The Bertz CT molecular complexity index is 508. The zero-order valence-corrected chi connectivity index (χ0v) is 10.3. The molecule has 1 aromatic carbocycles. The highest BCUT2D eigenvalue weighted by Crippen LogP contribution is 2.25. The van der Waals surface area contributed by atoms with Crippen molar-refractivity contribution in [1.82, 2.24) is 5.32 Å². The summed E-state index contributed by atoms with van der Waals surface area (Å²) in [4.78, 5) is 22.9. The molecule has 5 heteroatoms. The number of carboxylic acid groups (broad SMARTS) is 1. The number of carbonyl (C=O) groups is 2. The van der Waals surface area contributed by atoms with Gasteiger partial charge >= 0.3 is 5.97 Å². The first-order chi connectivity index (χ1) is 8.40. The van der Waals surface area contributed by atoms with Crippen molar-refractivity contribution >= 4 is 11.9 Å². The number of benzene rings is 1. The van der Waals surface area contributed by atoms with Crippen LogP contribution >= 0.6 is 0 Å². The van der Waals surface area contributed by atoms with Gasteiger partial charge in [0.2, 0.25) is 0 Å². The van der Waals surface area contributed by atoms with Crippen LogP contribution in [-0.2, 0) is 11.2 Å². The average Bonchev–Trinajstić information content (AvgIpc) is 2.74. The fraction of sp³-hybridized carbons (Fsp3) is 0.385. The minimum Gasteiger partial charge on any atom is -0.493 e. The first-order valence-electron chi connectivity index (χ1n) is 5.72. The van der Waals surface area contributed by atoms with Gasteiger partial charge in [-0.05, 0) is 37.6 Å². The number of rotatable bonds is 3. The average molecular weight is 249 g/mol. The molecule has 0 radical (unpaired) electrons. The van der Waals surface area contributed by atoms with E-state index in [9.17, 15) is 9.59 Å². The highest BCUT2D eigenvalue weighted by molar-refractivity contribution is 5.97. The van der Waals surface area contributed by atoms with E-state index in [1.807, 2.05) is 0 Å². The smallest absolute Gasteiger partial charge is 0.328 e. The third kappa shape index (κ3) is 2.30. The predicted molar refractivity (Wildman–Crippen MR) is 64.8 cm³/mol. The van der Waals surface area contributed by atoms with Crippen LogP contribution in [0, 0.1) is 0 Å². The third-order valence-electron chi connectivity index (χ3n) is 2.91. The van der Waals surface area contributed by atoms with E-state index >= 15 is 0 Å². The highest BCUT2D eigenvalue weighted by Gasteiger charge is 2.29. The summed E-state index contributed by atoms with van der Waals surface area (Å²) in [5, 5.41) is 11.4. The molecular formula is C13H15NO4. The molecule has 0 saturated heterocycles. The maximum Gasteiger partial charge on any atom is 0.328 e. The van der Waals surface area contributed by atoms with Gasteiger partial charge in [-0.3, -0.25) is 4.79 Å². The van der Waals surface area contributed by atoms with Crippen LogP contribution in [0.25, 0.3) is 0 Å². The van der Waals surface area contributed by atoms with Crippen molar-refractivity contribution in [3.05, 3.63) is 29.3 Å². The van der Waals surface area contributed by atoms with Crippen molar-refractivity contribution in [3.8, 4) is 5.75 Å². The molecule has 2 N–H and O–H groups in total. The van der Waals surface area contributed by atoms with Crippen molar-refractivity contribution in [1.29, 1.82) is 0 Å². The Labute approximate surface area is 105 Å². The third-order valence-corrected chi connectivity index (χ3v) is 2.91. The van der Waals surface area contributed by atoms with Crippen LogP contribution in [0.4, 0.5) is 0 Å². The standard InChI is InChI=1S/C13H15NO4/c1-13(2,12(16)17)14-11(15)9-3-4-10-8(7-9)5-6-18-10/h3-4,7H,5-6H2,1-2H3,(H,14,15)(H,16,17). The van der Waals surface area contributed by atoms with Gasteiger partial charge in [0, 0.05) is 12.0 Å². The van der Waals surface area contributed by atoms with Gasteiger partial charge in [-0.2, -0.15) is 0 Å². The molecule has 1 amide bonds.